The highest BCUT2D eigenvalue weighted by Gasteiger charge is 2.35. The summed E-state index contributed by atoms with van der Waals surface area (Å²) >= 11 is 0. The molecule has 0 amide bonds. The second-order valence-corrected chi connectivity index (χ2v) is 6.58. The minimum Gasteiger partial charge on any atom is -0.460 e. The Labute approximate surface area is 122 Å². The molecular formula is C13H15NO6S. The summed E-state index contributed by atoms with van der Waals surface area (Å²) in [6.45, 7) is 1.71. The van der Waals surface area contributed by atoms with Gasteiger partial charge in [0.25, 0.3) is 0 Å². The van der Waals surface area contributed by atoms with E-state index in [0.717, 1.165) is 6.26 Å². The Balaban J connectivity index is 2.09. The Kier molecular flexibility index (Phi) is 4.17. The van der Waals surface area contributed by atoms with E-state index in [1.165, 1.54) is 24.3 Å². The highest BCUT2D eigenvalue weighted by atomic mass is 32.2. The van der Waals surface area contributed by atoms with Gasteiger partial charge in [0.05, 0.1) is 11.8 Å². The van der Waals surface area contributed by atoms with Crippen molar-refractivity contribution in [2.24, 2.45) is 0 Å². The fourth-order valence-corrected chi connectivity index (χ4v) is 2.49. The lowest BCUT2D eigenvalue weighted by atomic mass is 10.2. The van der Waals surface area contributed by atoms with Crippen LogP contribution in [0, 0.1) is 0 Å². The van der Waals surface area contributed by atoms with Gasteiger partial charge in [-0.2, -0.15) is 0 Å². The second-order valence-electron chi connectivity index (χ2n) is 4.83. The van der Waals surface area contributed by atoms with Crippen molar-refractivity contribution in [3.8, 4) is 0 Å². The van der Waals surface area contributed by atoms with Crippen molar-refractivity contribution in [2.75, 3.05) is 11.0 Å². The molecule has 21 heavy (non-hydrogen) atoms. The van der Waals surface area contributed by atoms with Crippen molar-refractivity contribution in [3.05, 3.63) is 29.8 Å². The zero-order chi connectivity index (χ0) is 15.6. The van der Waals surface area contributed by atoms with Crippen molar-refractivity contribution < 1.29 is 27.5 Å². The molecule has 1 fully saturated rings. The summed E-state index contributed by atoms with van der Waals surface area (Å²) in [5.74, 6) is -1.27. The number of ether oxygens (including phenoxy) is 2. The second kappa shape index (κ2) is 5.72. The third-order valence-corrected chi connectivity index (χ3v) is 3.38. The number of sulfonamides is 1. The van der Waals surface area contributed by atoms with Crippen LogP contribution in [0.2, 0.25) is 0 Å². The van der Waals surface area contributed by atoms with Crippen LogP contribution in [0.1, 0.15) is 23.7 Å². The highest BCUT2D eigenvalue weighted by Crippen LogP contribution is 2.20. The average molecular weight is 313 g/mol. The molecule has 0 bridgehead atoms. The molecule has 8 heteroatoms. The molecule has 1 aromatic rings. The molecule has 2 rings (SSSR count). The Morgan fingerprint density at radius 3 is 2.71 bits per heavy atom. The number of rotatable bonds is 4. The number of hydrogen-bond donors (Lipinski definition) is 1. The fraction of sp³-hybridized carbons (Fsp3) is 0.385. The van der Waals surface area contributed by atoms with E-state index in [2.05, 4.69) is 4.72 Å². The minimum absolute atomic E-state index is 0.149. The number of cyclic esters (lactones) is 1. The van der Waals surface area contributed by atoms with Crippen LogP contribution in [0.5, 0.6) is 0 Å². The molecule has 7 nitrogen and oxygen atoms in total. The predicted octanol–water partition coefficient (Wildman–Crippen LogP) is 0.919. The Bertz CT molecular complexity index is 669. The Hall–Kier alpha value is -2.09. The molecule has 0 aromatic heterocycles. The molecule has 0 saturated carbocycles. The van der Waals surface area contributed by atoms with Crippen molar-refractivity contribution in [1.82, 2.24) is 0 Å². The molecule has 1 N–H and O–H groups in total. The summed E-state index contributed by atoms with van der Waals surface area (Å²) in [7, 11) is -3.43. The normalized spacial score (nSPS) is 21.7. The van der Waals surface area contributed by atoms with Gasteiger partial charge in [-0.15, -0.1) is 0 Å². The molecule has 1 saturated heterocycles. The maximum Gasteiger partial charge on any atom is 0.347 e. The van der Waals surface area contributed by atoms with E-state index in [-0.39, 0.29) is 17.4 Å². The van der Waals surface area contributed by atoms with Crippen LogP contribution in [0.25, 0.3) is 0 Å². The molecule has 114 valence electrons. The van der Waals surface area contributed by atoms with E-state index in [1.54, 1.807) is 6.92 Å². The summed E-state index contributed by atoms with van der Waals surface area (Å²) < 4.78 is 34.5. The molecule has 0 aliphatic carbocycles. The molecule has 0 spiro atoms. The van der Waals surface area contributed by atoms with Crippen molar-refractivity contribution in [2.45, 2.75) is 25.6 Å². The van der Waals surface area contributed by atoms with Crippen LogP contribution in [0.3, 0.4) is 0 Å². The summed E-state index contributed by atoms with van der Waals surface area (Å²) in [5.41, 5.74) is 0.394. The molecular weight excluding hydrogens is 298 g/mol. The fourth-order valence-electron chi connectivity index (χ4n) is 1.94. The Morgan fingerprint density at radius 2 is 2.14 bits per heavy atom. The quantitative estimate of drug-likeness (QED) is 0.830. The van der Waals surface area contributed by atoms with Crippen molar-refractivity contribution in [1.29, 1.82) is 0 Å². The maximum absolute atomic E-state index is 12.0. The van der Waals surface area contributed by atoms with Crippen LogP contribution < -0.4 is 4.72 Å². The van der Waals surface area contributed by atoms with Crippen LogP contribution in [-0.4, -0.2) is 38.8 Å². The van der Waals surface area contributed by atoms with E-state index in [9.17, 15) is 18.0 Å². The van der Waals surface area contributed by atoms with Crippen LogP contribution in [-0.2, 0) is 24.3 Å². The SMILES string of the molecule is CC1CC(OC(=O)c2cccc(NS(C)(=O)=O)c2)C(=O)O1. The van der Waals surface area contributed by atoms with Crippen LogP contribution in [0.15, 0.2) is 24.3 Å². The largest absolute Gasteiger partial charge is 0.460 e. The van der Waals surface area contributed by atoms with Gasteiger partial charge in [0.2, 0.25) is 16.1 Å². The topological polar surface area (TPSA) is 98.8 Å². The minimum atomic E-state index is -3.43. The van der Waals surface area contributed by atoms with Crippen LogP contribution >= 0.6 is 0 Å². The van der Waals surface area contributed by atoms with Gasteiger partial charge in [-0.3, -0.25) is 4.72 Å². The van der Waals surface area contributed by atoms with Gasteiger partial charge in [-0.1, -0.05) is 6.07 Å². The smallest absolute Gasteiger partial charge is 0.347 e. The summed E-state index contributed by atoms with van der Waals surface area (Å²) in [6, 6.07) is 5.83. The molecule has 2 unspecified atom stereocenters. The van der Waals surface area contributed by atoms with Gasteiger partial charge in [0.15, 0.2) is 0 Å². The number of benzene rings is 1. The van der Waals surface area contributed by atoms with Crippen LogP contribution in [0.4, 0.5) is 5.69 Å². The molecule has 1 aliphatic heterocycles. The van der Waals surface area contributed by atoms with Crippen molar-refractivity contribution >= 4 is 27.6 Å². The van der Waals surface area contributed by atoms with E-state index in [4.69, 9.17) is 9.47 Å². The predicted molar refractivity (Wildman–Crippen MR) is 74.3 cm³/mol. The molecule has 0 radical (unpaired) electrons. The summed E-state index contributed by atoms with van der Waals surface area (Å²) in [4.78, 5) is 23.4. The number of hydrogen-bond acceptors (Lipinski definition) is 6. The molecule has 1 heterocycles. The van der Waals surface area contributed by atoms with Gasteiger partial charge in [0, 0.05) is 12.1 Å². The average Bonchev–Trinajstić information content (AvgIpc) is 2.66. The molecule has 1 aromatic carbocycles. The van der Waals surface area contributed by atoms with Gasteiger partial charge >= 0.3 is 11.9 Å². The van der Waals surface area contributed by atoms with Gasteiger partial charge in [0.1, 0.15) is 6.10 Å². The number of carbonyl (C=O) groups excluding carboxylic acids is 2. The number of esters is 2. The van der Waals surface area contributed by atoms with E-state index >= 15 is 0 Å². The van der Waals surface area contributed by atoms with E-state index < -0.39 is 28.1 Å². The maximum atomic E-state index is 12.0. The van der Waals surface area contributed by atoms with Gasteiger partial charge in [-0.25, -0.2) is 18.0 Å². The van der Waals surface area contributed by atoms with E-state index in [0.29, 0.717) is 6.42 Å². The third kappa shape index (κ3) is 4.19. The highest BCUT2D eigenvalue weighted by molar-refractivity contribution is 7.92. The van der Waals surface area contributed by atoms with Gasteiger partial charge < -0.3 is 9.47 Å². The van der Waals surface area contributed by atoms with Gasteiger partial charge in [-0.05, 0) is 25.1 Å². The zero-order valence-corrected chi connectivity index (χ0v) is 12.3. The summed E-state index contributed by atoms with van der Waals surface area (Å²) in [6.07, 6.45) is 0.118. The monoisotopic (exact) mass is 313 g/mol. The third-order valence-electron chi connectivity index (χ3n) is 2.78. The van der Waals surface area contributed by atoms with Crippen molar-refractivity contribution in [3.63, 3.8) is 0 Å². The lowest BCUT2D eigenvalue weighted by molar-refractivity contribution is -0.147. The first-order chi connectivity index (χ1) is 9.74. The number of anilines is 1. The molecule has 2 atom stereocenters. The first-order valence-corrected chi connectivity index (χ1v) is 8.13. The number of nitrogens with one attached hydrogen (secondary N) is 1. The zero-order valence-electron chi connectivity index (χ0n) is 11.5. The first-order valence-electron chi connectivity index (χ1n) is 6.24. The lowest BCUT2D eigenvalue weighted by Crippen LogP contribution is -2.22. The number of carbonyl (C=O) groups is 2. The standard InChI is InChI=1S/C13H15NO6S/c1-8-6-11(13(16)19-8)20-12(15)9-4-3-5-10(7-9)14-21(2,17)18/h3-5,7-8,11,14H,6H2,1-2H3. The lowest BCUT2D eigenvalue weighted by Gasteiger charge is -2.09. The van der Waals surface area contributed by atoms with E-state index in [1.807, 2.05) is 0 Å². The summed E-state index contributed by atoms with van der Waals surface area (Å²) in [5, 5.41) is 0. The first kappa shape index (κ1) is 15.3. The molecule has 1 aliphatic rings. The Morgan fingerprint density at radius 1 is 1.43 bits per heavy atom.